The Bertz CT molecular complexity index is 1210. The zero-order valence-electron chi connectivity index (χ0n) is 16.1. The third-order valence-electron chi connectivity index (χ3n) is 4.61. The lowest BCUT2D eigenvalue weighted by atomic mass is 10.1. The van der Waals surface area contributed by atoms with Crippen molar-refractivity contribution in [2.75, 3.05) is 17.7 Å². The maximum absolute atomic E-state index is 12.6. The minimum absolute atomic E-state index is 0.136. The number of carbonyl (C=O) groups excluding carboxylic acids is 2. The van der Waals surface area contributed by atoms with Crippen LogP contribution in [0.1, 0.15) is 12.5 Å². The van der Waals surface area contributed by atoms with Crippen LogP contribution in [0.15, 0.2) is 65.1 Å². The summed E-state index contributed by atoms with van der Waals surface area (Å²) < 4.78 is 11.4. The molecule has 29 heavy (non-hydrogen) atoms. The van der Waals surface area contributed by atoms with E-state index in [0.717, 1.165) is 21.9 Å². The molecule has 2 N–H and O–H groups in total. The Morgan fingerprint density at radius 1 is 0.931 bits per heavy atom. The fraction of sp³-hybridized carbons (Fsp3) is 0.130. The van der Waals surface area contributed by atoms with E-state index in [2.05, 4.69) is 10.6 Å². The standard InChI is InChI=1S/C23H20N2O4/c1-14(26)24-16-9-7-15(8-10-16)11-23(27)25-19-13-21-18(12-22(19)28-2)17-5-3-4-6-20(17)29-21/h3-10,12-13H,11H2,1-2H3,(H,24,26)(H,25,27). The minimum Gasteiger partial charge on any atom is -0.495 e. The van der Waals surface area contributed by atoms with Gasteiger partial charge in [0.15, 0.2) is 0 Å². The van der Waals surface area contributed by atoms with Crippen LogP contribution in [-0.2, 0) is 16.0 Å². The van der Waals surface area contributed by atoms with Gasteiger partial charge in [0.25, 0.3) is 0 Å². The summed E-state index contributed by atoms with van der Waals surface area (Å²) in [6, 6.07) is 18.6. The van der Waals surface area contributed by atoms with Crippen molar-refractivity contribution in [2.45, 2.75) is 13.3 Å². The van der Waals surface area contributed by atoms with Gasteiger partial charge in [0, 0.05) is 29.4 Å². The molecule has 146 valence electrons. The molecule has 3 aromatic carbocycles. The first-order valence-electron chi connectivity index (χ1n) is 9.19. The average molecular weight is 388 g/mol. The van der Waals surface area contributed by atoms with Crippen LogP contribution in [0, 0.1) is 0 Å². The molecular weight excluding hydrogens is 368 g/mol. The number of carbonyl (C=O) groups is 2. The van der Waals surface area contributed by atoms with E-state index in [-0.39, 0.29) is 18.2 Å². The van der Waals surface area contributed by atoms with Crippen LogP contribution >= 0.6 is 0 Å². The molecular formula is C23H20N2O4. The smallest absolute Gasteiger partial charge is 0.228 e. The van der Waals surface area contributed by atoms with Crippen LogP contribution in [-0.4, -0.2) is 18.9 Å². The second kappa shape index (κ2) is 7.67. The van der Waals surface area contributed by atoms with Gasteiger partial charge in [-0.2, -0.15) is 0 Å². The van der Waals surface area contributed by atoms with Crippen LogP contribution in [0.2, 0.25) is 0 Å². The molecule has 0 bridgehead atoms. The van der Waals surface area contributed by atoms with Crippen molar-refractivity contribution < 1.29 is 18.7 Å². The van der Waals surface area contributed by atoms with Crippen molar-refractivity contribution in [2.24, 2.45) is 0 Å². The molecule has 0 aliphatic heterocycles. The average Bonchev–Trinajstić information content (AvgIpc) is 3.05. The lowest BCUT2D eigenvalue weighted by Crippen LogP contribution is -2.15. The topological polar surface area (TPSA) is 80.6 Å². The molecule has 0 unspecified atom stereocenters. The number of methoxy groups -OCH3 is 1. The number of hydrogen-bond donors (Lipinski definition) is 2. The molecule has 1 heterocycles. The molecule has 4 rings (SSSR count). The monoisotopic (exact) mass is 388 g/mol. The number of benzene rings is 3. The van der Waals surface area contributed by atoms with Gasteiger partial charge >= 0.3 is 0 Å². The van der Waals surface area contributed by atoms with Crippen LogP contribution in [0.25, 0.3) is 21.9 Å². The second-order valence-corrected chi connectivity index (χ2v) is 6.75. The molecule has 0 spiro atoms. The number of furan rings is 1. The first kappa shape index (κ1) is 18.6. The Kier molecular flexibility index (Phi) is 4.91. The summed E-state index contributed by atoms with van der Waals surface area (Å²) in [5.41, 5.74) is 3.55. The van der Waals surface area contributed by atoms with Gasteiger partial charge in [0.1, 0.15) is 16.9 Å². The largest absolute Gasteiger partial charge is 0.495 e. The predicted molar refractivity (Wildman–Crippen MR) is 113 cm³/mol. The van der Waals surface area contributed by atoms with E-state index in [1.165, 1.54) is 6.92 Å². The zero-order chi connectivity index (χ0) is 20.4. The van der Waals surface area contributed by atoms with E-state index >= 15 is 0 Å². The molecule has 1 aromatic heterocycles. The van der Waals surface area contributed by atoms with Crippen molar-refractivity contribution in [3.05, 3.63) is 66.2 Å². The number of hydrogen-bond acceptors (Lipinski definition) is 4. The van der Waals surface area contributed by atoms with E-state index in [9.17, 15) is 9.59 Å². The lowest BCUT2D eigenvalue weighted by molar-refractivity contribution is -0.116. The van der Waals surface area contributed by atoms with Crippen LogP contribution in [0.3, 0.4) is 0 Å². The van der Waals surface area contributed by atoms with Gasteiger partial charge in [-0.05, 0) is 29.8 Å². The van der Waals surface area contributed by atoms with Crippen molar-refractivity contribution in [3.63, 3.8) is 0 Å². The quantitative estimate of drug-likeness (QED) is 0.518. The first-order chi connectivity index (χ1) is 14.0. The maximum atomic E-state index is 12.6. The van der Waals surface area contributed by atoms with E-state index in [4.69, 9.17) is 9.15 Å². The Hall–Kier alpha value is -3.80. The fourth-order valence-electron chi connectivity index (χ4n) is 3.31. The van der Waals surface area contributed by atoms with Gasteiger partial charge in [-0.15, -0.1) is 0 Å². The number of ether oxygens (including phenoxy) is 1. The highest BCUT2D eigenvalue weighted by atomic mass is 16.5. The van der Waals surface area contributed by atoms with Crippen molar-refractivity contribution in [3.8, 4) is 5.75 Å². The van der Waals surface area contributed by atoms with E-state index in [1.807, 2.05) is 42.5 Å². The van der Waals surface area contributed by atoms with Gasteiger partial charge in [-0.25, -0.2) is 0 Å². The lowest BCUT2D eigenvalue weighted by Gasteiger charge is -2.11. The molecule has 4 aromatic rings. The minimum atomic E-state index is -0.175. The van der Waals surface area contributed by atoms with Crippen molar-refractivity contribution >= 4 is 45.1 Å². The number of anilines is 2. The number of fused-ring (bicyclic) bond motifs is 3. The number of nitrogens with one attached hydrogen (secondary N) is 2. The summed E-state index contributed by atoms with van der Waals surface area (Å²) >= 11 is 0. The highest BCUT2D eigenvalue weighted by molar-refractivity contribution is 6.07. The highest BCUT2D eigenvalue weighted by Crippen LogP contribution is 2.36. The van der Waals surface area contributed by atoms with Crippen LogP contribution in [0.5, 0.6) is 5.75 Å². The predicted octanol–water partition coefficient (Wildman–Crippen LogP) is 4.73. The summed E-state index contributed by atoms with van der Waals surface area (Å²) in [4.78, 5) is 23.6. The number of rotatable bonds is 5. The molecule has 0 fully saturated rings. The number of amides is 2. The van der Waals surface area contributed by atoms with E-state index in [1.54, 1.807) is 25.3 Å². The third-order valence-corrected chi connectivity index (χ3v) is 4.61. The molecule has 0 saturated heterocycles. The SMILES string of the molecule is COc1cc2c(cc1NC(=O)Cc1ccc(NC(C)=O)cc1)oc1ccccc12. The summed E-state index contributed by atoms with van der Waals surface area (Å²) in [6.45, 7) is 1.45. The zero-order valence-corrected chi connectivity index (χ0v) is 16.1. The summed E-state index contributed by atoms with van der Waals surface area (Å²) in [6.07, 6.45) is 0.196. The highest BCUT2D eigenvalue weighted by Gasteiger charge is 2.14. The number of para-hydroxylation sites is 1. The molecule has 0 atom stereocenters. The Morgan fingerprint density at radius 2 is 1.69 bits per heavy atom. The fourth-order valence-corrected chi connectivity index (χ4v) is 3.31. The Morgan fingerprint density at radius 3 is 2.41 bits per heavy atom. The second-order valence-electron chi connectivity index (χ2n) is 6.75. The summed E-state index contributed by atoms with van der Waals surface area (Å²) in [5.74, 6) is 0.257. The van der Waals surface area contributed by atoms with Gasteiger partial charge in [0.2, 0.25) is 11.8 Å². The van der Waals surface area contributed by atoms with E-state index in [0.29, 0.717) is 22.7 Å². The third kappa shape index (κ3) is 3.91. The molecule has 6 nitrogen and oxygen atoms in total. The van der Waals surface area contributed by atoms with Gasteiger partial charge in [-0.3, -0.25) is 9.59 Å². The molecule has 0 saturated carbocycles. The van der Waals surface area contributed by atoms with Crippen molar-refractivity contribution in [1.82, 2.24) is 0 Å². The summed E-state index contributed by atoms with van der Waals surface area (Å²) in [7, 11) is 1.57. The Balaban J connectivity index is 1.55. The van der Waals surface area contributed by atoms with Gasteiger partial charge in [0.05, 0.1) is 19.2 Å². The molecule has 0 radical (unpaired) electrons. The maximum Gasteiger partial charge on any atom is 0.228 e. The normalized spacial score (nSPS) is 10.8. The van der Waals surface area contributed by atoms with Gasteiger partial charge in [-0.1, -0.05) is 30.3 Å². The first-order valence-corrected chi connectivity index (χ1v) is 9.19. The molecule has 6 heteroatoms. The van der Waals surface area contributed by atoms with Crippen molar-refractivity contribution in [1.29, 1.82) is 0 Å². The van der Waals surface area contributed by atoms with Crippen LogP contribution < -0.4 is 15.4 Å². The molecule has 2 amide bonds. The molecule has 0 aliphatic rings. The molecule has 0 aliphatic carbocycles. The van der Waals surface area contributed by atoms with Crippen LogP contribution in [0.4, 0.5) is 11.4 Å². The summed E-state index contributed by atoms with van der Waals surface area (Å²) in [5, 5.41) is 7.53. The van der Waals surface area contributed by atoms with Gasteiger partial charge < -0.3 is 19.8 Å². The van der Waals surface area contributed by atoms with E-state index < -0.39 is 0 Å². The Labute approximate surface area is 167 Å².